The summed E-state index contributed by atoms with van der Waals surface area (Å²) in [5.41, 5.74) is 2.26. The Morgan fingerprint density at radius 1 is 1.07 bits per heavy atom. The molecule has 140 valence electrons. The first-order valence-corrected chi connectivity index (χ1v) is 9.11. The minimum absolute atomic E-state index is 0.104. The molecule has 0 bridgehead atoms. The van der Waals surface area contributed by atoms with Gasteiger partial charge < -0.3 is 5.11 Å². The fourth-order valence-electron chi connectivity index (χ4n) is 4.36. The first-order valence-electron chi connectivity index (χ1n) is 9.11. The fraction of sp³-hybridized carbons (Fsp3) is 0.381. The molecular formula is C21H24N3O3+. The second-order valence-corrected chi connectivity index (χ2v) is 8.29. The van der Waals surface area contributed by atoms with Gasteiger partial charge in [0.05, 0.1) is 13.0 Å². The Kier molecular flexibility index (Phi) is 3.77. The molecule has 2 N–H and O–H groups in total. The van der Waals surface area contributed by atoms with Crippen molar-refractivity contribution in [1.82, 2.24) is 9.13 Å². The van der Waals surface area contributed by atoms with Crippen LogP contribution in [0.15, 0.2) is 51.3 Å². The molecule has 1 aromatic heterocycles. The third-order valence-electron chi connectivity index (χ3n) is 5.62. The Balaban J connectivity index is 2.14. The predicted molar refractivity (Wildman–Crippen MR) is 104 cm³/mol. The van der Waals surface area contributed by atoms with E-state index in [2.05, 4.69) is 18.8 Å². The van der Waals surface area contributed by atoms with Gasteiger partial charge in [-0.1, -0.05) is 44.2 Å². The molecular weight excluding hydrogens is 342 g/mol. The van der Waals surface area contributed by atoms with E-state index in [1.165, 1.54) is 11.6 Å². The highest BCUT2D eigenvalue weighted by Crippen LogP contribution is 2.44. The lowest BCUT2D eigenvalue weighted by atomic mass is 9.69. The molecule has 2 heterocycles. The minimum Gasteiger partial charge on any atom is -0.512 e. The highest BCUT2D eigenvalue weighted by Gasteiger charge is 2.44. The van der Waals surface area contributed by atoms with E-state index in [1.807, 2.05) is 30.3 Å². The van der Waals surface area contributed by atoms with Gasteiger partial charge in [0.2, 0.25) is 0 Å². The van der Waals surface area contributed by atoms with Gasteiger partial charge in [0.25, 0.3) is 11.4 Å². The average Bonchev–Trinajstić information content (AvgIpc) is 2.62. The van der Waals surface area contributed by atoms with E-state index < -0.39 is 5.92 Å². The molecule has 0 radical (unpaired) electrons. The molecule has 1 aliphatic carbocycles. The van der Waals surface area contributed by atoms with Crippen LogP contribution >= 0.6 is 0 Å². The lowest BCUT2D eigenvalue weighted by Gasteiger charge is -2.35. The van der Waals surface area contributed by atoms with Crippen LogP contribution in [0.5, 0.6) is 0 Å². The molecule has 1 aliphatic heterocycles. The second-order valence-electron chi connectivity index (χ2n) is 8.29. The SMILES string of the molecule is Cn1c2c(c(=O)n(C)c1=O)C(c1ccccc1)C1=C(O)CC(C)(C)CC1=[NH+]2. The summed E-state index contributed by atoms with van der Waals surface area (Å²) in [5.74, 6) is 0.421. The third kappa shape index (κ3) is 2.59. The maximum atomic E-state index is 13.1. The van der Waals surface area contributed by atoms with E-state index in [0.29, 0.717) is 23.6 Å². The lowest BCUT2D eigenvalue weighted by molar-refractivity contribution is -0.367. The molecule has 0 amide bonds. The maximum Gasteiger partial charge on any atom is 0.417 e. The van der Waals surface area contributed by atoms with Crippen LogP contribution in [0.4, 0.5) is 5.82 Å². The molecule has 4 rings (SSSR count). The van der Waals surface area contributed by atoms with Crippen LogP contribution in [0.3, 0.4) is 0 Å². The van der Waals surface area contributed by atoms with Gasteiger partial charge in [-0.25, -0.2) is 14.4 Å². The van der Waals surface area contributed by atoms with Gasteiger partial charge in [-0.3, -0.25) is 4.79 Å². The largest absolute Gasteiger partial charge is 0.512 e. The quantitative estimate of drug-likeness (QED) is 0.791. The fourth-order valence-corrected chi connectivity index (χ4v) is 4.36. The maximum absolute atomic E-state index is 13.1. The van der Waals surface area contributed by atoms with Crippen LogP contribution in [0, 0.1) is 5.41 Å². The standard InChI is InChI=1S/C21H23N3O3/c1-21(2)10-13-16(14(25)11-21)15(12-8-6-5-7-9-12)17-18(22-13)23(3)20(27)24(4)19(17)26/h5-9,15,25H,10-11H2,1-4H3/p+1. The van der Waals surface area contributed by atoms with Crippen molar-refractivity contribution in [2.45, 2.75) is 32.6 Å². The summed E-state index contributed by atoms with van der Waals surface area (Å²) in [5, 5.41) is 10.9. The van der Waals surface area contributed by atoms with Crippen molar-refractivity contribution < 1.29 is 10.1 Å². The van der Waals surface area contributed by atoms with Gasteiger partial charge in [-0.2, -0.15) is 4.57 Å². The van der Waals surface area contributed by atoms with E-state index in [9.17, 15) is 14.7 Å². The number of benzene rings is 1. The third-order valence-corrected chi connectivity index (χ3v) is 5.62. The average molecular weight is 366 g/mol. The highest BCUT2D eigenvalue weighted by molar-refractivity contribution is 6.01. The number of aliphatic hydroxyl groups excluding tert-OH is 1. The van der Waals surface area contributed by atoms with E-state index in [4.69, 9.17) is 0 Å². The van der Waals surface area contributed by atoms with Gasteiger partial charge in [0.1, 0.15) is 17.0 Å². The molecule has 6 nitrogen and oxygen atoms in total. The van der Waals surface area contributed by atoms with Crippen molar-refractivity contribution in [3.05, 3.63) is 73.6 Å². The van der Waals surface area contributed by atoms with Crippen LogP contribution in [-0.2, 0) is 14.1 Å². The Bertz CT molecular complexity index is 1120. The van der Waals surface area contributed by atoms with Crippen molar-refractivity contribution in [2.75, 3.05) is 0 Å². The molecule has 1 aromatic carbocycles. The second kappa shape index (κ2) is 5.81. The number of fused-ring (bicyclic) bond motifs is 2. The monoisotopic (exact) mass is 366 g/mol. The molecule has 0 saturated carbocycles. The van der Waals surface area contributed by atoms with Crippen molar-refractivity contribution in [1.29, 1.82) is 0 Å². The van der Waals surface area contributed by atoms with Gasteiger partial charge in [0.15, 0.2) is 0 Å². The Morgan fingerprint density at radius 2 is 1.74 bits per heavy atom. The highest BCUT2D eigenvalue weighted by atomic mass is 16.3. The summed E-state index contributed by atoms with van der Waals surface area (Å²) in [6, 6.07) is 9.69. The molecule has 27 heavy (non-hydrogen) atoms. The number of rotatable bonds is 1. The zero-order valence-corrected chi connectivity index (χ0v) is 16.0. The molecule has 0 saturated heterocycles. The smallest absolute Gasteiger partial charge is 0.417 e. The normalized spacial score (nSPS) is 20.7. The molecule has 1 atom stereocenters. The van der Waals surface area contributed by atoms with Crippen molar-refractivity contribution in [2.24, 2.45) is 19.5 Å². The zero-order valence-electron chi connectivity index (χ0n) is 16.0. The number of nitrogens with one attached hydrogen (secondary N) is 1. The molecule has 0 fully saturated rings. The zero-order chi connectivity index (χ0) is 19.5. The summed E-state index contributed by atoms with van der Waals surface area (Å²) < 4.78 is 2.61. The molecule has 6 heteroatoms. The molecule has 1 unspecified atom stereocenters. The van der Waals surface area contributed by atoms with E-state index in [1.54, 1.807) is 7.05 Å². The van der Waals surface area contributed by atoms with E-state index in [0.717, 1.165) is 27.8 Å². The summed E-state index contributed by atoms with van der Waals surface area (Å²) >= 11 is 0. The van der Waals surface area contributed by atoms with Crippen LogP contribution in [-0.4, -0.2) is 20.0 Å². The number of hydrogen-bond donors (Lipinski definition) is 2. The van der Waals surface area contributed by atoms with Crippen molar-refractivity contribution >= 4 is 11.5 Å². The Hall–Kier alpha value is -2.89. The number of nitrogens with zero attached hydrogens (tertiary/aromatic N) is 2. The summed E-state index contributed by atoms with van der Waals surface area (Å²) in [4.78, 5) is 28.9. The van der Waals surface area contributed by atoms with E-state index in [-0.39, 0.29) is 16.7 Å². The van der Waals surface area contributed by atoms with Crippen molar-refractivity contribution in [3.8, 4) is 0 Å². The summed E-state index contributed by atoms with van der Waals surface area (Å²) in [7, 11) is 3.16. The first-order chi connectivity index (χ1) is 12.7. The predicted octanol–water partition coefficient (Wildman–Crippen LogP) is 1.01. The topological polar surface area (TPSA) is 78.2 Å². The number of allylic oxidation sites excluding steroid dienone is 2. The Labute approximate surface area is 157 Å². The lowest BCUT2D eigenvalue weighted by Crippen LogP contribution is -2.74. The van der Waals surface area contributed by atoms with Crippen LogP contribution in [0.25, 0.3) is 0 Å². The van der Waals surface area contributed by atoms with E-state index >= 15 is 0 Å². The van der Waals surface area contributed by atoms with Gasteiger partial charge in [-0.15, -0.1) is 0 Å². The van der Waals surface area contributed by atoms with Crippen molar-refractivity contribution in [3.63, 3.8) is 0 Å². The molecule has 2 aromatic rings. The molecule has 0 spiro atoms. The summed E-state index contributed by atoms with van der Waals surface area (Å²) in [6.45, 7) is 4.20. The van der Waals surface area contributed by atoms with Crippen LogP contribution in [0.2, 0.25) is 0 Å². The number of hydrogen-bond acceptors (Lipinski definition) is 3. The summed E-state index contributed by atoms with van der Waals surface area (Å²) in [6.07, 6.45) is 1.29. The van der Waals surface area contributed by atoms with Crippen LogP contribution < -0.4 is 16.2 Å². The minimum atomic E-state index is -0.404. The first kappa shape index (κ1) is 17.5. The Morgan fingerprint density at radius 3 is 2.41 bits per heavy atom. The number of aliphatic hydroxyl groups is 1. The van der Waals surface area contributed by atoms with Gasteiger partial charge >= 0.3 is 5.69 Å². The van der Waals surface area contributed by atoms with Gasteiger partial charge in [0, 0.05) is 25.5 Å². The van der Waals surface area contributed by atoms with Gasteiger partial charge in [-0.05, 0) is 11.0 Å². The van der Waals surface area contributed by atoms with Crippen LogP contribution in [0.1, 0.15) is 43.7 Å². The number of aromatic nitrogens is 2. The molecule has 2 aliphatic rings.